The van der Waals surface area contributed by atoms with Gasteiger partial charge in [-0.25, -0.2) is 0 Å². The summed E-state index contributed by atoms with van der Waals surface area (Å²) in [6, 6.07) is 8.80. The van der Waals surface area contributed by atoms with Crippen molar-refractivity contribution in [3.05, 3.63) is 53.7 Å². The maximum absolute atomic E-state index is 6.26. The van der Waals surface area contributed by atoms with Crippen LogP contribution in [0.4, 0.5) is 0 Å². The van der Waals surface area contributed by atoms with Crippen LogP contribution >= 0.6 is 45.5 Å². The average Bonchev–Trinajstić information content (AvgIpc) is 2.69. The van der Waals surface area contributed by atoms with Crippen LogP contribution in [0.5, 0.6) is 0 Å². The van der Waals surface area contributed by atoms with Gasteiger partial charge in [-0.3, -0.25) is 0 Å². The Kier molecular flexibility index (Phi) is 5.29. The quantitative estimate of drug-likeness (QED) is 0.679. The van der Waals surface area contributed by atoms with E-state index in [1.807, 2.05) is 11.3 Å². The van der Waals surface area contributed by atoms with Gasteiger partial charge in [0.05, 0.1) is 11.1 Å². The van der Waals surface area contributed by atoms with Crippen molar-refractivity contribution in [1.29, 1.82) is 0 Å². The van der Waals surface area contributed by atoms with Crippen LogP contribution in [0, 0.1) is 17.4 Å². The highest BCUT2D eigenvalue weighted by atomic mass is 127. The summed E-state index contributed by atoms with van der Waals surface area (Å²) in [4.78, 5) is 2.74. The molecule has 4 heteroatoms. The van der Waals surface area contributed by atoms with Crippen LogP contribution in [0.1, 0.15) is 33.8 Å². The second-order valence-electron chi connectivity index (χ2n) is 4.57. The minimum atomic E-state index is 0.234. The molecule has 0 aliphatic carbocycles. The monoisotopic (exact) mass is 405 g/mol. The number of benzene rings is 1. The molecular weight excluding hydrogens is 389 g/mol. The van der Waals surface area contributed by atoms with Crippen molar-refractivity contribution in [2.45, 2.75) is 26.8 Å². The molecule has 1 N–H and O–H groups in total. The molecule has 102 valence electrons. The van der Waals surface area contributed by atoms with Gasteiger partial charge in [0.2, 0.25) is 0 Å². The first-order valence-corrected chi connectivity index (χ1v) is 8.55. The average molecular weight is 406 g/mol. The Morgan fingerprint density at radius 2 is 2.05 bits per heavy atom. The second kappa shape index (κ2) is 6.57. The topological polar surface area (TPSA) is 12.0 Å². The summed E-state index contributed by atoms with van der Waals surface area (Å²) in [5.74, 6) is 0. The van der Waals surface area contributed by atoms with Gasteiger partial charge in [-0.2, -0.15) is 0 Å². The van der Waals surface area contributed by atoms with Gasteiger partial charge in [0.15, 0.2) is 0 Å². The third-order valence-electron chi connectivity index (χ3n) is 3.03. The molecule has 2 rings (SSSR count). The Morgan fingerprint density at radius 3 is 2.58 bits per heavy atom. The van der Waals surface area contributed by atoms with Crippen LogP contribution in [0.3, 0.4) is 0 Å². The maximum Gasteiger partial charge on any atom is 0.0674 e. The molecule has 0 saturated heterocycles. The largest absolute Gasteiger partial charge is 0.306 e. The number of hydrogen-bond donors (Lipinski definition) is 1. The summed E-state index contributed by atoms with van der Waals surface area (Å²) in [7, 11) is 0. The molecular formula is C15H17ClINS. The van der Waals surface area contributed by atoms with E-state index < -0.39 is 0 Å². The Hall–Kier alpha value is -0.100. The summed E-state index contributed by atoms with van der Waals surface area (Å²) >= 11 is 10.4. The predicted octanol–water partition coefficient (Wildman–Crippen LogP) is 5.32. The van der Waals surface area contributed by atoms with E-state index in [1.54, 1.807) is 0 Å². The number of nitrogens with one attached hydrogen (secondary N) is 1. The summed E-state index contributed by atoms with van der Waals surface area (Å²) < 4.78 is 1.09. The standard InChI is InChI=1S/C15H17ClINS/c1-4-18-14(15-9(2)7-10(3)19-15)11-5-6-13(17)12(16)8-11/h5-8,14,18H,4H2,1-3H3. The lowest BCUT2D eigenvalue weighted by atomic mass is 10.0. The third-order valence-corrected chi connectivity index (χ3v) is 5.82. The molecule has 1 heterocycles. The first-order valence-electron chi connectivity index (χ1n) is 6.28. The third kappa shape index (κ3) is 3.51. The van der Waals surface area contributed by atoms with E-state index in [1.165, 1.54) is 20.9 Å². The Bertz CT molecular complexity index is 580. The lowest BCUT2D eigenvalue weighted by Gasteiger charge is -2.19. The van der Waals surface area contributed by atoms with Gasteiger partial charge >= 0.3 is 0 Å². The van der Waals surface area contributed by atoms with Gasteiger partial charge in [-0.05, 0) is 72.3 Å². The van der Waals surface area contributed by atoms with Crippen LogP contribution in [-0.2, 0) is 0 Å². The molecule has 0 radical (unpaired) electrons. The normalized spacial score (nSPS) is 12.7. The zero-order chi connectivity index (χ0) is 14.0. The zero-order valence-corrected chi connectivity index (χ0v) is 15.0. The molecule has 0 saturated carbocycles. The second-order valence-corrected chi connectivity index (χ2v) is 7.43. The number of rotatable bonds is 4. The van der Waals surface area contributed by atoms with E-state index in [0.29, 0.717) is 0 Å². The van der Waals surface area contributed by atoms with Crippen molar-refractivity contribution in [3.8, 4) is 0 Å². The fourth-order valence-electron chi connectivity index (χ4n) is 2.20. The Balaban J connectivity index is 2.44. The van der Waals surface area contributed by atoms with Crippen LogP contribution < -0.4 is 5.32 Å². The molecule has 2 aromatic rings. The summed E-state index contributed by atoms with van der Waals surface area (Å²) in [6.45, 7) is 7.41. The van der Waals surface area contributed by atoms with Crippen molar-refractivity contribution in [1.82, 2.24) is 5.32 Å². The van der Waals surface area contributed by atoms with Crippen molar-refractivity contribution < 1.29 is 0 Å². The van der Waals surface area contributed by atoms with Crippen molar-refractivity contribution in [3.63, 3.8) is 0 Å². The van der Waals surface area contributed by atoms with E-state index in [2.05, 4.69) is 72.9 Å². The number of aryl methyl sites for hydroxylation is 2. The SMILES string of the molecule is CCNC(c1ccc(I)c(Cl)c1)c1sc(C)cc1C. The van der Waals surface area contributed by atoms with E-state index in [9.17, 15) is 0 Å². The summed E-state index contributed by atoms with van der Waals surface area (Å²) in [6.07, 6.45) is 0. The minimum Gasteiger partial charge on any atom is -0.306 e. The lowest BCUT2D eigenvalue weighted by Crippen LogP contribution is -2.21. The van der Waals surface area contributed by atoms with Crippen LogP contribution in [0.25, 0.3) is 0 Å². The molecule has 1 unspecified atom stereocenters. The van der Waals surface area contributed by atoms with E-state index in [0.717, 1.165) is 15.1 Å². The fourth-order valence-corrected chi connectivity index (χ4v) is 3.87. The summed E-state index contributed by atoms with van der Waals surface area (Å²) in [5, 5.41) is 4.39. The molecule has 19 heavy (non-hydrogen) atoms. The molecule has 0 amide bonds. The molecule has 0 bridgehead atoms. The highest BCUT2D eigenvalue weighted by Gasteiger charge is 2.18. The van der Waals surface area contributed by atoms with Gasteiger partial charge in [-0.1, -0.05) is 24.6 Å². The smallest absolute Gasteiger partial charge is 0.0674 e. The van der Waals surface area contributed by atoms with Crippen molar-refractivity contribution in [2.75, 3.05) is 6.54 Å². The van der Waals surface area contributed by atoms with E-state index in [-0.39, 0.29) is 6.04 Å². The van der Waals surface area contributed by atoms with Crippen molar-refractivity contribution >= 4 is 45.5 Å². The van der Waals surface area contributed by atoms with Gasteiger partial charge in [0, 0.05) is 13.3 Å². The van der Waals surface area contributed by atoms with Gasteiger partial charge in [-0.15, -0.1) is 11.3 Å². The van der Waals surface area contributed by atoms with E-state index >= 15 is 0 Å². The van der Waals surface area contributed by atoms with Gasteiger partial charge in [0.25, 0.3) is 0 Å². The molecule has 0 fully saturated rings. The van der Waals surface area contributed by atoms with Crippen LogP contribution in [0.2, 0.25) is 5.02 Å². The van der Waals surface area contributed by atoms with Crippen LogP contribution in [0.15, 0.2) is 24.3 Å². The highest BCUT2D eigenvalue weighted by Crippen LogP contribution is 2.33. The van der Waals surface area contributed by atoms with E-state index in [4.69, 9.17) is 11.6 Å². The molecule has 1 atom stereocenters. The Morgan fingerprint density at radius 1 is 1.32 bits per heavy atom. The molecule has 0 spiro atoms. The van der Waals surface area contributed by atoms with Gasteiger partial charge < -0.3 is 5.32 Å². The molecule has 0 aliphatic rings. The first kappa shape index (κ1) is 15.3. The predicted molar refractivity (Wildman–Crippen MR) is 93.5 cm³/mol. The molecule has 0 aliphatic heterocycles. The summed E-state index contributed by atoms with van der Waals surface area (Å²) in [5.41, 5.74) is 2.58. The van der Waals surface area contributed by atoms with Crippen LogP contribution in [-0.4, -0.2) is 6.54 Å². The Labute approximate surface area is 137 Å². The zero-order valence-electron chi connectivity index (χ0n) is 11.3. The maximum atomic E-state index is 6.26. The highest BCUT2D eigenvalue weighted by molar-refractivity contribution is 14.1. The number of hydrogen-bond acceptors (Lipinski definition) is 2. The number of halogens is 2. The number of thiophene rings is 1. The minimum absolute atomic E-state index is 0.234. The first-order chi connectivity index (χ1) is 9.02. The fraction of sp³-hybridized carbons (Fsp3) is 0.333. The lowest BCUT2D eigenvalue weighted by molar-refractivity contribution is 0.637. The molecule has 1 aromatic carbocycles. The molecule has 1 nitrogen and oxygen atoms in total. The van der Waals surface area contributed by atoms with Crippen molar-refractivity contribution in [2.24, 2.45) is 0 Å². The molecule has 1 aromatic heterocycles. The van der Waals surface area contributed by atoms with Gasteiger partial charge in [0.1, 0.15) is 0 Å².